The SMILES string of the molecule is O=C1NNC(Cc2ccc(F)c(C(=O)N3CCN(C(=O)c4cnc(Cl)c(O)c4)CC3)c2)C2NCCCC12. The molecule has 10 nitrogen and oxygen atoms in total. The summed E-state index contributed by atoms with van der Waals surface area (Å²) in [6.07, 6.45) is 3.56. The summed E-state index contributed by atoms with van der Waals surface area (Å²) in [4.78, 5) is 45.0. The van der Waals surface area contributed by atoms with E-state index in [-0.39, 0.29) is 78.0 Å². The molecule has 0 bridgehead atoms. The van der Waals surface area contributed by atoms with Gasteiger partial charge in [-0.1, -0.05) is 17.7 Å². The topological polar surface area (TPSA) is 127 Å². The molecule has 3 saturated heterocycles. The van der Waals surface area contributed by atoms with Crippen LogP contribution in [0.3, 0.4) is 0 Å². The van der Waals surface area contributed by atoms with Gasteiger partial charge in [-0.3, -0.25) is 19.8 Å². The van der Waals surface area contributed by atoms with Crippen molar-refractivity contribution in [3.63, 3.8) is 0 Å². The molecule has 0 saturated carbocycles. The maximum atomic E-state index is 14.7. The van der Waals surface area contributed by atoms with E-state index >= 15 is 0 Å². The van der Waals surface area contributed by atoms with Crippen LogP contribution in [0, 0.1) is 11.7 Å². The first kappa shape index (κ1) is 25.4. The Morgan fingerprint density at radius 3 is 2.59 bits per heavy atom. The Hall–Kier alpha value is -3.28. The van der Waals surface area contributed by atoms with Crippen molar-refractivity contribution in [2.24, 2.45) is 5.92 Å². The van der Waals surface area contributed by atoms with Gasteiger partial charge in [-0.15, -0.1) is 0 Å². The van der Waals surface area contributed by atoms with Crippen LogP contribution < -0.4 is 16.2 Å². The maximum absolute atomic E-state index is 14.7. The number of rotatable bonds is 4. The fourth-order valence-electron chi connectivity index (χ4n) is 5.29. The predicted molar refractivity (Wildman–Crippen MR) is 132 cm³/mol. The quantitative estimate of drug-likeness (QED) is 0.436. The van der Waals surface area contributed by atoms with E-state index in [9.17, 15) is 23.9 Å². The van der Waals surface area contributed by atoms with Crippen molar-refractivity contribution in [2.45, 2.75) is 31.3 Å². The average molecular weight is 531 g/mol. The molecule has 1 aromatic heterocycles. The van der Waals surface area contributed by atoms with Crippen molar-refractivity contribution in [3.05, 3.63) is 58.1 Å². The summed E-state index contributed by atoms with van der Waals surface area (Å²) in [5.74, 6) is -1.79. The highest BCUT2D eigenvalue weighted by molar-refractivity contribution is 6.30. The van der Waals surface area contributed by atoms with Crippen LogP contribution in [-0.2, 0) is 11.2 Å². The number of aromatic nitrogens is 1. The highest BCUT2D eigenvalue weighted by Gasteiger charge is 2.40. The van der Waals surface area contributed by atoms with Crippen molar-refractivity contribution >= 4 is 29.3 Å². The van der Waals surface area contributed by atoms with Crippen molar-refractivity contribution in [1.29, 1.82) is 0 Å². The fourth-order valence-corrected chi connectivity index (χ4v) is 5.39. The number of piperazine rings is 1. The summed E-state index contributed by atoms with van der Waals surface area (Å²) in [5, 5.41) is 13.1. The van der Waals surface area contributed by atoms with E-state index in [1.165, 1.54) is 23.2 Å². The predicted octanol–water partition coefficient (Wildman–Crippen LogP) is 1.09. The minimum Gasteiger partial charge on any atom is -0.505 e. The van der Waals surface area contributed by atoms with Crippen molar-refractivity contribution < 1.29 is 23.9 Å². The number of hydrogen-bond donors (Lipinski definition) is 4. The first-order valence-corrected chi connectivity index (χ1v) is 12.7. The van der Waals surface area contributed by atoms with E-state index in [1.807, 2.05) is 0 Å². The number of nitrogens with one attached hydrogen (secondary N) is 3. The molecular formula is C25H28ClFN6O4. The molecule has 196 valence electrons. The Balaban J connectivity index is 1.23. The second-order valence-corrected chi connectivity index (χ2v) is 9.96. The number of carbonyl (C=O) groups is 3. The van der Waals surface area contributed by atoms with Crippen LogP contribution in [0.15, 0.2) is 30.5 Å². The van der Waals surface area contributed by atoms with E-state index in [2.05, 4.69) is 21.2 Å². The molecule has 3 aliphatic rings. The van der Waals surface area contributed by atoms with Gasteiger partial charge >= 0.3 is 0 Å². The molecule has 1 aromatic carbocycles. The lowest BCUT2D eigenvalue weighted by molar-refractivity contribution is -0.131. The van der Waals surface area contributed by atoms with E-state index in [4.69, 9.17) is 11.6 Å². The van der Waals surface area contributed by atoms with Crippen molar-refractivity contribution in [3.8, 4) is 5.75 Å². The zero-order chi connectivity index (χ0) is 26.1. The summed E-state index contributed by atoms with van der Waals surface area (Å²) in [6.45, 7) is 1.84. The Morgan fingerprint density at radius 2 is 1.86 bits per heavy atom. The summed E-state index contributed by atoms with van der Waals surface area (Å²) in [5.41, 5.74) is 6.78. The molecule has 5 rings (SSSR count). The average Bonchev–Trinajstić information content (AvgIpc) is 2.92. The van der Waals surface area contributed by atoms with E-state index in [0.29, 0.717) is 6.42 Å². The van der Waals surface area contributed by atoms with Crippen LogP contribution >= 0.6 is 11.6 Å². The van der Waals surface area contributed by atoms with Gasteiger partial charge in [0, 0.05) is 44.5 Å². The number of carbonyl (C=O) groups excluding carboxylic acids is 3. The van der Waals surface area contributed by atoms with Crippen LogP contribution in [0.1, 0.15) is 39.1 Å². The van der Waals surface area contributed by atoms with Gasteiger partial charge in [0.1, 0.15) is 5.82 Å². The molecule has 0 spiro atoms. The molecule has 3 unspecified atom stereocenters. The van der Waals surface area contributed by atoms with E-state index < -0.39 is 11.7 Å². The molecule has 3 atom stereocenters. The Bertz CT molecular complexity index is 1220. The number of aromatic hydroxyl groups is 1. The minimum atomic E-state index is -0.603. The molecule has 0 radical (unpaired) electrons. The summed E-state index contributed by atoms with van der Waals surface area (Å²) < 4.78 is 14.7. The van der Waals surface area contributed by atoms with Gasteiger partial charge in [-0.05, 0) is 49.6 Å². The second-order valence-electron chi connectivity index (χ2n) is 9.61. The lowest BCUT2D eigenvalue weighted by Crippen LogP contribution is -2.67. The van der Waals surface area contributed by atoms with Gasteiger partial charge < -0.3 is 20.2 Å². The largest absolute Gasteiger partial charge is 0.505 e. The molecule has 3 fully saturated rings. The van der Waals surface area contributed by atoms with Crippen molar-refractivity contribution in [2.75, 3.05) is 32.7 Å². The van der Waals surface area contributed by atoms with Gasteiger partial charge in [-0.25, -0.2) is 14.8 Å². The molecule has 4 N–H and O–H groups in total. The first-order chi connectivity index (χ1) is 17.8. The highest BCUT2D eigenvalue weighted by Crippen LogP contribution is 2.25. The lowest BCUT2D eigenvalue weighted by atomic mass is 9.82. The Labute approximate surface area is 218 Å². The van der Waals surface area contributed by atoms with Crippen LogP contribution in [0.2, 0.25) is 5.15 Å². The molecule has 37 heavy (non-hydrogen) atoms. The second kappa shape index (κ2) is 10.6. The molecular weight excluding hydrogens is 503 g/mol. The number of fused-ring (bicyclic) bond motifs is 1. The lowest BCUT2D eigenvalue weighted by Gasteiger charge is -2.41. The standard InChI is InChI=1S/C25H28ClFN6O4/c26-22-20(34)12-15(13-29-22)24(36)32-6-8-33(9-7-32)25(37)17-10-14(3-4-18(17)27)11-19-21-16(2-1-5-28-21)23(35)31-30-19/h3-4,10,12-13,16,19,21,28,30,34H,1-2,5-9,11H2,(H,31,35). The number of amides is 3. The summed E-state index contributed by atoms with van der Waals surface area (Å²) >= 11 is 5.71. The van der Waals surface area contributed by atoms with Crippen molar-refractivity contribution in [1.82, 2.24) is 31.0 Å². The fraction of sp³-hybridized carbons (Fsp3) is 0.440. The maximum Gasteiger partial charge on any atom is 0.256 e. The smallest absolute Gasteiger partial charge is 0.256 e. The van der Waals surface area contributed by atoms with Crippen LogP contribution in [0.25, 0.3) is 0 Å². The van der Waals surface area contributed by atoms with Crippen LogP contribution in [0.5, 0.6) is 5.75 Å². The first-order valence-electron chi connectivity index (χ1n) is 12.3. The number of hydrazine groups is 1. The number of halogens is 2. The minimum absolute atomic E-state index is 0.0166. The molecule has 4 heterocycles. The van der Waals surface area contributed by atoms with Gasteiger partial charge in [0.2, 0.25) is 5.91 Å². The van der Waals surface area contributed by atoms with Gasteiger partial charge in [0.15, 0.2) is 10.9 Å². The zero-order valence-electron chi connectivity index (χ0n) is 20.0. The molecule has 3 amide bonds. The summed E-state index contributed by atoms with van der Waals surface area (Å²) in [6, 6.07) is 5.67. The third kappa shape index (κ3) is 5.25. The van der Waals surface area contributed by atoms with Gasteiger partial charge in [-0.2, -0.15) is 0 Å². The van der Waals surface area contributed by atoms with E-state index in [0.717, 1.165) is 24.9 Å². The van der Waals surface area contributed by atoms with Crippen LogP contribution in [-0.4, -0.2) is 82.4 Å². The third-order valence-corrected chi connectivity index (χ3v) is 7.59. The van der Waals surface area contributed by atoms with Crippen LogP contribution in [0.4, 0.5) is 4.39 Å². The number of hydrogen-bond acceptors (Lipinski definition) is 7. The number of benzene rings is 1. The third-order valence-electron chi connectivity index (χ3n) is 7.29. The number of nitrogens with zero attached hydrogens (tertiary/aromatic N) is 3. The highest BCUT2D eigenvalue weighted by atomic mass is 35.5. The monoisotopic (exact) mass is 530 g/mol. The summed E-state index contributed by atoms with van der Waals surface area (Å²) in [7, 11) is 0. The molecule has 12 heteroatoms. The van der Waals surface area contributed by atoms with Gasteiger partial charge in [0.05, 0.1) is 17.0 Å². The van der Waals surface area contributed by atoms with Gasteiger partial charge in [0.25, 0.3) is 11.8 Å². The number of piperidine rings is 1. The Kier molecular flexibility index (Phi) is 7.27. The Morgan fingerprint density at radius 1 is 1.14 bits per heavy atom. The van der Waals surface area contributed by atoms with E-state index in [1.54, 1.807) is 17.0 Å². The molecule has 0 aliphatic carbocycles. The normalized spacial score (nSPS) is 23.8. The zero-order valence-corrected chi connectivity index (χ0v) is 20.8. The molecule has 3 aliphatic heterocycles. The number of pyridine rings is 1. The molecule has 2 aromatic rings.